The highest BCUT2D eigenvalue weighted by Crippen LogP contribution is 2.28. The van der Waals surface area contributed by atoms with Crippen molar-refractivity contribution in [1.29, 1.82) is 5.26 Å². The molecular formula is C28H36N4O4S. The fraction of sp³-hybridized carbons (Fsp3) is 0.429. The molecule has 2 N–H and O–H groups in total. The minimum Gasteiger partial charge on any atom is -0.444 e. The summed E-state index contributed by atoms with van der Waals surface area (Å²) < 4.78 is 5.37. The summed E-state index contributed by atoms with van der Waals surface area (Å²) in [6, 6.07) is 14.5. The molecule has 0 bridgehead atoms. The number of hydrogen-bond donors (Lipinski definition) is 2. The number of aryl methyl sites for hydroxylation is 2. The second kappa shape index (κ2) is 13.7. The van der Waals surface area contributed by atoms with Gasteiger partial charge in [-0.3, -0.25) is 9.59 Å². The highest BCUT2D eigenvalue weighted by molar-refractivity contribution is 7.98. The Hall–Kier alpha value is -3.51. The zero-order valence-electron chi connectivity index (χ0n) is 22.3. The van der Waals surface area contributed by atoms with Gasteiger partial charge in [-0.1, -0.05) is 42.5 Å². The molecular weight excluding hydrogens is 488 g/mol. The number of carbonyl (C=O) groups excluding carboxylic acids is 3. The van der Waals surface area contributed by atoms with Crippen LogP contribution in [-0.4, -0.2) is 53.0 Å². The highest BCUT2D eigenvalue weighted by atomic mass is 32.2. The Bertz CT molecular complexity index is 1140. The topological polar surface area (TPSA) is 112 Å². The summed E-state index contributed by atoms with van der Waals surface area (Å²) in [7, 11) is 0. The first kappa shape index (κ1) is 29.7. The molecule has 2 atom stereocenters. The Morgan fingerprint density at radius 3 is 2.24 bits per heavy atom. The number of nitrogens with one attached hydrogen (secondary N) is 2. The molecule has 2 aromatic carbocycles. The van der Waals surface area contributed by atoms with E-state index in [9.17, 15) is 19.6 Å². The number of para-hydroxylation sites is 1. The maximum absolute atomic E-state index is 13.9. The number of alkyl carbamates (subject to hydrolysis) is 1. The fourth-order valence-corrected chi connectivity index (χ4v) is 4.25. The summed E-state index contributed by atoms with van der Waals surface area (Å²) in [6.45, 7) is 8.58. The minimum atomic E-state index is -1.09. The Balaban J connectivity index is 2.51. The first-order chi connectivity index (χ1) is 17.5. The van der Waals surface area contributed by atoms with Gasteiger partial charge in [0.1, 0.15) is 24.2 Å². The van der Waals surface area contributed by atoms with Gasteiger partial charge in [-0.2, -0.15) is 17.0 Å². The molecule has 0 fully saturated rings. The number of thioether (sulfide) groups is 1. The van der Waals surface area contributed by atoms with E-state index in [4.69, 9.17) is 4.74 Å². The van der Waals surface area contributed by atoms with Crippen molar-refractivity contribution in [1.82, 2.24) is 10.2 Å². The first-order valence-corrected chi connectivity index (χ1v) is 13.5. The second-order valence-electron chi connectivity index (χ2n) is 9.67. The third-order valence-corrected chi connectivity index (χ3v) is 6.21. The third-order valence-electron chi connectivity index (χ3n) is 5.57. The van der Waals surface area contributed by atoms with Crippen LogP contribution in [0.4, 0.5) is 10.5 Å². The maximum Gasteiger partial charge on any atom is 0.408 e. The quantitative estimate of drug-likeness (QED) is 0.424. The van der Waals surface area contributed by atoms with Crippen molar-refractivity contribution >= 4 is 35.4 Å². The molecule has 0 spiro atoms. The lowest BCUT2D eigenvalue weighted by Gasteiger charge is -2.33. The molecule has 0 aromatic heterocycles. The Labute approximate surface area is 223 Å². The lowest BCUT2D eigenvalue weighted by atomic mass is 9.97. The van der Waals surface area contributed by atoms with Gasteiger partial charge in [0.15, 0.2) is 0 Å². The predicted octanol–water partition coefficient (Wildman–Crippen LogP) is 4.98. The minimum absolute atomic E-state index is 0.307. The molecule has 0 heterocycles. The van der Waals surface area contributed by atoms with Crippen molar-refractivity contribution in [2.45, 2.75) is 58.7 Å². The van der Waals surface area contributed by atoms with Crippen molar-refractivity contribution in [2.24, 2.45) is 0 Å². The van der Waals surface area contributed by atoms with Crippen molar-refractivity contribution in [3.8, 4) is 6.07 Å². The molecule has 3 amide bonds. The monoisotopic (exact) mass is 524 g/mol. The van der Waals surface area contributed by atoms with Crippen LogP contribution >= 0.6 is 11.8 Å². The van der Waals surface area contributed by atoms with Crippen molar-refractivity contribution in [3.63, 3.8) is 0 Å². The van der Waals surface area contributed by atoms with Crippen molar-refractivity contribution in [3.05, 3.63) is 65.2 Å². The van der Waals surface area contributed by atoms with Crippen LogP contribution in [0.15, 0.2) is 48.5 Å². The van der Waals surface area contributed by atoms with E-state index in [0.29, 0.717) is 23.4 Å². The van der Waals surface area contributed by atoms with Crippen LogP contribution < -0.4 is 10.6 Å². The Morgan fingerprint density at radius 1 is 1.05 bits per heavy atom. The van der Waals surface area contributed by atoms with Gasteiger partial charge < -0.3 is 20.3 Å². The summed E-state index contributed by atoms with van der Waals surface area (Å²) in [6.07, 6.45) is 1.47. The molecule has 0 saturated heterocycles. The van der Waals surface area contributed by atoms with Crippen LogP contribution in [0, 0.1) is 25.2 Å². The molecule has 37 heavy (non-hydrogen) atoms. The second-order valence-corrected chi connectivity index (χ2v) is 10.7. The van der Waals surface area contributed by atoms with Crippen LogP contribution in [0.3, 0.4) is 0 Å². The zero-order valence-corrected chi connectivity index (χ0v) is 23.1. The smallest absolute Gasteiger partial charge is 0.408 e. The number of nitriles is 1. The molecule has 9 heteroatoms. The number of anilines is 1. The zero-order chi connectivity index (χ0) is 27.6. The predicted molar refractivity (Wildman–Crippen MR) is 147 cm³/mol. The van der Waals surface area contributed by atoms with Gasteiger partial charge in [0.05, 0.1) is 6.07 Å². The molecule has 0 aliphatic carbocycles. The molecule has 8 nitrogen and oxygen atoms in total. The number of amides is 3. The molecule has 0 aliphatic rings. The number of nitrogens with zero attached hydrogens (tertiary/aromatic N) is 2. The SMILES string of the molecule is CSCCC(NC(=O)OC(C)(C)C)C(=O)N(CC#N)C(C(=O)Nc1ccccc1C)c1ccccc1C. The van der Waals surface area contributed by atoms with Crippen LogP contribution in [0.25, 0.3) is 0 Å². The van der Waals surface area contributed by atoms with E-state index in [2.05, 4.69) is 10.6 Å². The van der Waals surface area contributed by atoms with Crippen LogP contribution in [-0.2, 0) is 14.3 Å². The summed E-state index contributed by atoms with van der Waals surface area (Å²) in [4.78, 5) is 41.5. The number of hydrogen-bond acceptors (Lipinski definition) is 6. The average molecular weight is 525 g/mol. The lowest BCUT2D eigenvalue weighted by Crippen LogP contribution is -2.52. The van der Waals surface area contributed by atoms with Crippen LogP contribution in [0.1, 0.15) is 49.9 Å². The summed E-state index contributed by atoms with van der Waals surface area (Å²) in [5, 5.41) is 15.3. The molecule has 2 unspecified atom stereocenters. The summed E-state index contributed by atoms with van der Waals surface area (Å²) >= 11 is 1.52. The standard InChI is InChI=1S/C28H36N4O4S/c1-19-11-7-9-13-21(19)24(25(33)30-22-14-10-8-12-20(22)2)32(17-16-29)26(34)23(15-18-37-6)31-27(35)36-28(3,4)5/h7-14,23-24H,15,17-18H2,1-6H3,(H,30,33)(H,31,35). The molecule has 2 rings (SSSR count). The first-order valence-electron chi connectivity index (χ1n) is 12.1. The van der Waals surface area contributed by atoms with Crippen molar-refractivity contribution < 1.29 is 19.1 Å². The van der Waals surface area contributed by atoms with Gasteiger partial charge in [-0.15, -0.1) is 0 Å². The van der Waals surface area contributed by atoms with E-state index in [1.807, 2.05) is 56.5 Å². The van der Waals surface area contributed by atoms with Crippen molar-refractivity contribution in [2.75, 3.05) is 23.9 Å². The molecule has 2 aromatic rings. The number of benzene rings is 2. The van der Waals surface area contributed by atoms with Gasteiger partial charge >= 0.3 is 6.09 Å². The Kier molecular flexibility index (Phi) is 11.0. The van der Waals surface area contributed by atoms with Crippen LogP contribution in [0.2, 0.25) is 0 Å². The number of carbonyl (C=O) groups is 3. The van der Waals surface area contributed by atoms with Gasteiger partial charge in [-0.05, 0) is 75.8 Å². The number of rotatable bonds is 10. The Morgan fingerprint density at radius 2 is 1.68 bits per heavy atom. The molecule has 0 radical (unpaired) electrons. The van der Waals surface area contributed by atoms with E-state index in [1.54, 1.807) is 39.0 Å². The number of ether oxygens (including phenoxy) is 1. The largest absolute Gasteiger partial charge is 0.444 e. The third kappa shape index (κ3) is 8.83. The summed E-state index contributed by atoms with van der Waals surface area (Å²) in [5.41, 5.74) is 2.12. The normalized spacial score (nSPS) is 12.6. The maximum atomic E-state index is 13.9. The van der Waals surface area contributed by atoms with E-state index in [0.717, 1.165) is 11.1 Å². The average Bonchev–Trinajstić information content (AvgIpc) is 2.82. The van der Waals surface area contributed by atoms with E-state index in [1.165, 1.54) is 16.7 Å². The van der Waals surface area contributed by atoms with Gasteiger partial charge in [0.25, 0.3) is 5.91 Å². The summed E-state index contributed by atoms with van der Waals surface area (Å²) in [5.74, 6) is -0.403. The van der Waals surface area contributed by atoms with E-state index >= 15 is 0 Å². The van der Waals surface area contributed by atoms with Crippen LogP contribution in [0.5, 0.6) is 0 Å². The van der Waals surface area contributed by atoms with Gasteiger partial charge in [0, 0.05) is 5.69 Å². The van der Waals surface area contributed by atoms with Gasteiger partial charge in [-0.25, -0.2) is 4.79 Å². The van der Waals surface area contributed by atoms with E-state index < -0.39 is 35.6 Å². The lowest BCUT2D eigenvalue weighted by molar-refractivity contribution is -0.140. The molecule has 0 aliphatic heterocycles. The molecule has 0 saturated carbocycles. The fourth-order valence-electron chi connectivity index (χ4n) is 3.77. The molecule has 198 valence electrons. The highest BCUT2D eigenvalue weighted by Gasteiger charge is 2.37. The van der Waals surface area contributed by atoms with Gasteiger partial charge in [0.2, 0.25) is 5.91 Å². The van der Waals surface area contributed by atoms with E-state index in [-0.39, 0.29) is 6.54 Å².